The Kier molecular flexibility index (Phi) is 7.37. The highest BCUT2D eigenvalue weighted by Gasteiger charge is 2.40. The molecule has 30 heavy (non-hydrogen) atoms. The number of carbonyl (C=O) groups is 2. The largest absolute Gasteiger partial charge is 0.673 e. The number of benzene rings is 2. The van der Waals surface area contributed by atoms with E-state index in [0.29, 0.717) is 0 Å². The van der Waals surface area contributed by atoms with Gasteiger partial charge in [0.05, 0.1) is 0 Å². The summed E-state index contributed by atoms with van der Waals surface area (Å²) in [7, 11) is -12.0. The topological polar surface area (TPSA) is 90.4 Å². The molecule has 0 heterocycles. The predicted molar refractivity (Wildman–Crippen MR) is 89.6 cm³/mol. The first-order valence-electron chi connectivity index (χ1n) is 7.49. The number of rotatable bonds is 0. The highest BCUT2D eigenvalue weighted by Crippen LogP contribution is 2.37. The highest BCUT2D eigenvalue weighted by atomic mass is 19.5. The Labute approximate surface area is 162 Å². The van der Waals surface area contributed by atoms with Crippen LogP contribution in [0.15, 0.2) is 36.4 Å². The monoisotopic (exact) mass is 436 g/mol. The molecule has 0 amide bonds. The number of ketones is 2. The maximum Gasteiger partial charge on any atom is 0.673 e. The van der Waals surface area contributed by atoms with Crippen molar-refractivity contribution in [3.8, 4) is 0 Å². The molecule has 0 saturated heterocycles. The van der Waals surface area contributed by atoms with Crippen LogP contribution in [0.1, 0.15) is 31.8 Å². The van der Waals surface area contributed by atoms with Gasteiger partial charge in [0, 0.05) is 23.3 Å². The summed E-state index contributed by atoms with van der Waals surface area (Å²) in [6, 6.07) is 8.86. The summed E-state index contributed by atoms with van der Waals surface area (Å²) in [5, 5.41) is 17.9. The molecule has 0 saturated carbocycles. The zero-order chi connectivity index (χ0) is 23.3. The van der Waals surface area contributed by atoms with Crippen molar-refractivity contribution in [2.45, 2.75) is 0 Å². The van der Waals surface area contributed by atoms with Gasteiger partial charge in [-0.2, -0.15) is 0 Å². The fraction of sp³-hybridized carbons (Fsp3) is 0. The fourth-order valence-electron chi connectivity index (χ4n) is 2.37. The lowest BCUT2D eigenvalue weighted by atomic mass is 9.82. The Bertz CT molecular complexity index is 976. The lowest BCUT2D eigenvalue weighted by molar-refractivity contribution is 0.0980. The second kappa shape index (κ2) is 9.13. The van der Waals surface area contributed by atoms with Gasteiger partial charge in [-0.05, 0) is 12.1 Å². The third-order valence-corrected chi connectivity index (χ3v) is 3.24. The van der Waals surface area contributed by atoms with Crippen LogP contribution < -0.4 is 0 Å². The molecule has 0 aliphatic heterocycles. The van der Waals surface area contributed by atoms with E-state index in [1.807, 2.05) is 0 Å². The van der Waals surface area contributed by atoms with Crippen LogP contribution in [0.4, 0.5) is 45.9 Å². The van der Waals surface area contributed by atoms with Gasteiger partial charge in [-0.25, -0.2) is 0 Å². The van der Waals surface area contributed by atoms with E-state index in [4.69, 9.17) is 10.8 Å². The van der Waals surface area contributed by atoms with Gasteiger partial charge in [0.1, 0.15) is 11.1 Å². The first kappa shape index (κ1) is 24.2. The summed E-state index contributed by atoms with van der Waals surface area (Å²) >= 11 is 0. The number of carbonyl (C=O) groups excluding carboxylic acids is 2. The van der Waals surface area contributed by atoms with Gasteiger partial charge in [-0.1, -0.05) is 12.1 Å². The molecule has 156 valence electrons. The van der Waals surface area contributed by atoms with E-state index < -0.39 is 26.1 Å². The molecule has 0 fully saturated rings. The molecular weight excluding hydrogens is 430 g/mol. The second-order valence-corrected chi connectivity index (χ2v) is 5.25. The molecule has 2 aromatic carbocycles. The third-order valence-electron chi connectivity index (χ3n) is 3.24. The zero-order valence-corrected chi connectivity index (χ0v) is 14.2. The fourth-order valence-corrected chi connectivity index (χ4v) is 2.37. The molecular formula is C14H6B2F8N4O2. The smallest absolute Gasteiger partial charge is 0.418 e. The van der Waals surface area contributed by atoms with Crippen LogP contribution in [0, 0.1) is 10.8 Å². The Balaban J connectivity index is 0.000000378. The van der Waals surface area contributed by atoms with E-state index in [2.05, 4.69) is 9.95 Å². The van der Waals surface area contributed by atoms with Crippen LogP contribution in [0.2, 0.25) is 0 Å². The molecule has 0 spiro atoms. The highest BCUT2D eigenvalue weighted by molar-refractivity contribution is 6.50. The second-order valence-electron chi connectivity index (χ2n) is 5.25. The van der Waals surface area contributed by atoms with Crippen molar-refractivity contribution in [1.29, 1.82) is 10.8 Å². The van der Waals surface area contributed by atoms with Crippen molar-refractivity contribution in [3.05, 3.63) is 68.6 Å². The number of hydrogen-bond donors (Lipinski definition) is 0. The quantitative estimate of drug-likeness (QED) is 0.245. The van der Waals surface area contributed by atoms with Crippen LogP contribution in [0.5, 0.6) is 0 Å². The van der Waals surface area contributed by atoms with Crippen molar-refractivity contribution in [2.75, 3.05) is 0 Å². The molecule has 0 unspecified atom stereocenters. The molecule has 0 aromatic heterocycles. The minimum absolute atomic E-state index is 0.0397. The van der Waals surface area contributed by atoms with Gasteiger partial charge >= 0.3 is 25.9 Å². The minimum Gasteiger partial charge on any atom is -0.418 e. The van der Waals surface area contributed by atoms with Crippen molar-refractivity contribution >= 4 is 37.5 Å². The van der Waals surface area contributed by atoms with E-state index in [1.54, 1.807) is 0 Å². The van der Waals surface area contributed by atoms with E-state index in [-0.39, 0.29) is 33.6 Å². The summed E-state index contributed by atoms with van der Waals surface area (Å²) in [4.78, 5) is 31.0. The lowest BCUT2D eigenvalue weighted by Crippen LogP contribution is -2.20. The van der Waals surface area contributed by atoms with Crippen LogP contribution in [0.3, 0.4) is 0 Å². The SMILES string of the molecule is F[B-](F)(F)F.F[B-](F)(F)F.N#[N+]c1cccc2c1C(=O)c1cccc([N+]#N)c1C2=O. The van der Waals surface area contributed by atoms with E-state index in [9.17, 15) is 44.1 Å². The first-order chi connectivity index (χ1) is 13.7. The van der Waals surface area contributed by atoms with Crippen LogP contribution >= 0.6 is 0 Å². The van der Waals surface area contributed by atoms with Crippen molar-refractivity contribution in [3.63, 3.8) is 0 Å². The normalized spacial score (nSPS) is 12.1. The molecule has 0 bridgehead atoms. The average Bonchev–Trinajstić information content (AvgIpc) is 2.62. The Morgan fingerprint density at radius 2 is 0.867 bits per heavy atom. The summed E-state index contributed by atoms with van der Waals surface area (Å²) in [5.41, 5.74) is 0.462. The number of fused-ring (bicyclic) bond motifs is 2. The summed E-state index contributed by atoms with van der Waals surface area (Å²) in [5.74, 6) is -0.873. The Hall–Kier alpha value is -3.81. The summed E-state index contributed by atoms with van der Waals surface area (Å²) < 4.78 is 78.0. The van der Waals surface area contributed by atoms with E-state index in [0.717, 1.165) is 0 Å². The van der Waals surface area contributed by atoms with Crippen LogP contribution in [-0.2, 0) is 0 Å². The average molecular weight is 436 g/mol. The van der Waals surface area contributed by atoms with Gasteiger partial charge in [0.15, 0.2) is 9.95 Å². The van der Waals surface area contributed by atoms with Crippen LogP contribution in [0.25, 0.3) is 9.95 Å². The van der Waals surface area contributed by atoms with Crippen molar-refractivity contribution < 1.29 is 44.1 Å². The predicted octanol–water partition coefficient (Wildman–Crippen LogP) is 6.03. The molecule has 1 aliphatic rings. The lowest BCUT2D eigenvalue weighted by Gasteiger charge is -2.13. The van der Waals surface area contributed by atoms with Gasteiger partial charge in [-0.15, -0.1) is 0 Å². The maximum atomic E-state index is 12.5. The molecule has 0 atom stereocenters. The minimum atomic E-state index is -6.00. The van der Waals surface area contributed by atoms with Gasteiger partial charge in [-0.3, -0.25) is 9.59 Å². The molecule has 0 N–H and O–H groups in total. The van der Waals surface area contributed by atoms with Crippen molar-refractivity contribution in [1.82, 2.24) is 0 Å². The first-order valence-corrected chi connectivity index (χ1v) is 7.49. The van der Waals surface area contributed by atoms with Gasteiger partial charge < -0.3 is 34.5 Å². The molecule has 6 nitrogen and oxygen atoms in total. The number of diazo groups is 2. The molecule has 1 aliphatic carbocycles. The van der Waals surface area contributed by atoms with Crippen molar-refractivity contribution in [2.24, 2.45) is 0 Å². The summed E-state index contributed by atoms with van der Waals surface area (Å²) in [6.45, 7) is 0. The van der Waals surface area contributed by atoms with Gasteiger partial charge in [0.25, 0.3) is 0 Å². The standard InChI is InChI=1S/C14H6N4O2.2BF4/c15-17-9-5-1-3-7-11(9)14(20)8-4-2-6-10(18-16)12(8)13(7)19;2*2-1(3,4)5/h1-6H;;/q+2;2*-1. The number of halogens is 8. The number of hydrogen-bond acceptors (Lipinski definition) is 4. The molecule has 0 radical (unpaired) electrons. The van der Waals surface area contributed by atoms with E-state index >= 15 is 0 Å². The zero-order valence-electron chi connectivity index (χ0n) is 14.2. The summed E-state index contributed by atoms with van der Waals surface area (Å²) in [6.07, 6.45) is 0. The van der Waals surface area contributed by atoms with Crippen LogP contribution in [-0.4, -0.2) is 26.1 Å². The maximum absolute atomic E-state index is 12.5. The number of nitrogens with zero attached hydrogens (tertiary/aromatic N) is 4. The van der Waals surface area contributed by atoms with E-state index in [1.165, 1.54) is 36.4 Å². The van der Waals surface area contributed by atoms with Gasteiger partial charge in [0.2, 0.25) is 22.4 Å². The molecule has 3 rings (SSSR count). The third kappa shape index (κ3) is 6.66. The molecule has 16 heteroatoms. The Morgan fingerprint density at radius 1 is 0.600 bits per heavy atom. The Morgan fingerprint density at radius 3 is 1.10 bits per heavy atom. The molecule has 2 aromatic rings.